The first-order valence-corrected chi connectivity index (χ1v) is 7.72. The predicted octanol–water partition coefficient (Wildman–Crippen LogP) is 4.06. The molecule has 0 aliphatic heterocycles. The van der Waals surface area contributed by atoms with Crippen molar-refractivity contribution in [2.45, 2.75) is 13.2 Å². The number of para-hydroxylation sites is 2. The molecule has 0 amide bonds. The van der Waals surface area contributed by atoms with E-state index in [0.29, 0.717) is 34.1 Å². The predicted molar refractivity (Wildman–Crippen MR) is 91.0 cm³/mol. The fourth-order valence-corrected chi connectivity index (χ4v) is 2.29. The van der Waals surface area contributed by atoms with E-state index in [1.165, 1.54) is 0 Å². The zero-order chi connectivity index (χ0) is 17.5. The summed E-state index contributed by atoms with van der Waals surface area (Å²) in [6.45, 7) is 0.408. The fourth-order valence-electron chi connectivity index (χ4n) is 2.29. The quantitative estimate of drug-likeness (QED) is 0.580. The highest BCUT2D eigenvalue weighted by Gasteiger charge is 2.08. The minimum atomic E-state index is 0.204. The lowest BCUT2D eigenvalue weighted by molar-refractivity contribution is 0.111. The SMILES string of the molecule is O=Cc1ccccc1OCc1ccc(COc2ccccc2C=O)o1. The number of hydrogen-bond acceptors (Lipinski definition) is 5. The second kappa shape index (κ2) is 7.97. The maximum Gasteiger partial charge on any atom is 0.153 e. The van der Waals surface area contributed by atoms with E-state index >= 15 is 0 Å². The van der Waals surface area contributed by atoms with E-state index in [9.17, 15) is 9.59 Å². The lowest BCUT2D eigenvalue weighted by atomic mass is 10.2. The standard InChI is InChI=1S/C20H16O5/c21-11-15-5-1-3-7-19(15)23-13-17-9-10-18(25-17)14-24-20-8-4-2-6-16(20)12-22/h1-12H,13-14H2. The van der Waals surface area contributed by atoms with Gasteiger partial charge < -0.3 is 13.9 Å². The molecular weight excluding hydrogens is 320 g/mol. The summed E-state index contributed by atoms with van der Waals surface area (Å²) >= 11 is 0. The topological polar surface area (TPSA) is 65.7 Å². The first-order chi connectivity index (χ1) is 12.3. The Morgan fingerprint density at radius 1 is 0.680 bits per heavy atom. The molecule has 1 heterocycles. The largest absolute Gasteiger partial charge is 0.485 e. The van der Waals surface area contributed by atoms with E-state index in [1.807, 2.05) is 0 Å². The Morgan fingerprint density at radius 3 is 1.56 bits per heavy atom. The Bertz CT molecular complexity index is 796. The van der Waals surface area contributed by atoms with E-state index in [4.69, 9.17) is 13.9 Å². The molecule has 5 heteroatoms. The molecule has 5 nitrogen and oxygen atoms in total. The lowest BCUT2D eigenvalue weighted by Gasteiger charge is -2.07. The van der Waals surface area contributed by atoms with Gasteiger partial charge in [-0.15, -0.1) is 0 Å². The molecule has 0 unspecified atom stereocenters. The van der Waals surface area contributed by atoms with Crippen LogP contribution in [-0.2, 0) is 13.2 Å². The van der Waals surface area contributed by atoms with Crippen molar-refractivity contribution in [2.75, 3.05) is 0 Å². The third kappa shape index (κ3) is 4.14. The van der Waals surface area contributed by atoms with Gasteiger partial charge in [-0.3, -0.25) is 9.59 Å². The number of aldehydes is 2. The Labute approximate surface area is 144 Å². The van der Waals surface area contributed by atoms with Crippen molar-refractivity contribution in [3.63, 3.8) is 0 Å². The van der Waals surface area contributed by atoms with Gasteiger partial charge >= 0.3 is 0 Å². The summed E-state index contributed by atoms with van der Waals surface area (Å²) in [5.74, 6) is 2.24. The summed E-state index contributed by atoms with van der Waals surface area (Å²) in [5.41, 5.74) is 0.978. The van der Waals surface area contributed by atoms with Gasteiger partial charge in [-0.1, -0.05) is 24.3 Å². The molecular formula is C20H16O5. The summed E-state index contributed by atoms with van der Waals surface area (Å²) in [5, 5.41) is 0. The Hall–Kier alpha value is -3.34. The van der Waals surface area contributed by atoms with Crippen LogP contribution in [0.15, 0.2) is 65.1 Å². The molecule has 0 spiro atoms. The molecule has 0 bridgehead atoms. The normalized spacial score (nSPS) is 10.2. The van der Waals surface area contributed by atoms with Crippen molar-refractivity contribution in [1.82, 2.24) is 0 Å². The number of benzene rings is 2. The Morgan fingerprint density at radius 2 is 1.12 bits per heavy atom. The number of carbonyl (C=O) groups is 2. The number of ether oxygens (including phenoxy) is 2. The van der Waals surface area contributed by atoms with Gasteiger partial charge in [0.2, 0.25) is 0 Å². The van der Waals surface area contributed by atoms with Gasteiger partial charge in [0.1, 0.15) is 36.2 Å². The average molecular weight is 336 g/mol. The second-order valence-electron chi connectivity index (χ2n) is 5.26. The van der Waals surface area contributed by atoms with Gasteiger partial charge in [-0.2, -0.15) is 0 Å². The summed E-state index contributed by atoms with van der Waals surface area (Å²) in [7, 11) is 0. The zero-order valence-corrected chi connectivity index (χ0v) is 13.4. The van der Waals surface area contributed by atoms with Crippen molar-refractivity contribution in [3.8, 4) is 11.5 Å². The fraction of sp³-hybridized carbons (Fsp3) is 0.100. The smallest absolute Gasteiger partial charge is 0.153 e. The molecule has 3 rings (SSSR count). The highest BCUT2D eigenvalue weighted by Crippen LogP contribution is 2.20. The Kier molecular flexibility index (Phi) is 5.26. The van der Waals surface area contributed by atoms with Crippen LogP contribution in [-0.4, -0.2) is 12.6 Å². The first-order valence-electron chi connectivity index (χ1n) is 7.72. The number of rotatable bonds is 8. The summed E-state index contributed by atoms with van der Waals surface area (Å²) < 4.78 is 16.9. The van der Waals surface area contributed by atoms with Gasteiger partial charge in [-0.05, 0) is 36.4 Å². The van der Waals surface area contributed by atoms with Crippen molar-refractivity contribution in [3.05, 3.63) is 83.3 Å². The van der Waals surface area contributed by atoms with Gasteiger partial charge in [0.25, 0.3) is 0 Å². The molecule has 126 valence electrons. The number of hydrogen-bond donors (Lipinski definition) is 0. The van der Waals surface area contributed by atoms with Crippen molar-refractivity contribution in [2.24, 2.45) is 0 Å². The van der Waals surface area contributed by atoms with Gasteiger partial charge in [0, 0.05) is 0 Å². The molecule has 0 aliphatic rings. The highest BCUT2D eigenvalue weighted by molar-refractivity contribution is 5.79. The molecule has 0 N–H and O–H groups in total. The van der Waals surface area contributed by atoms with Crippen molar-refractivity contribution < 1.29 is 23.5 Å². The van der Waals surface area contributed by atoms with E-state index < -0.39 is 0 Å². The van der Waals surface area contributed by atoms with Crippen LogP contribution in [0.3, 0.4) is 0 Å². The number of furan rings is 1. The maximum atomic E-state index is 11.0. The van der Waals surface area contributed by atoms with Gasteiger partial charge in [-0.25, -0.2) is 0 Å². The van der Waals surface area contributed by atoms with Crippen LogP contribution < -0.4 is 9.47 Å². The zero-order valence-electron chi connectivity index (χ0n) is 13.4. The van der Waals surface area contributed by atoms with Crippen molar-refractivity contribution in [1.29, 1.82) is 0 Å². The summed E-state index contributed by atoms with van der Waals surface area (Å²) in [6.07, 6.45) is 1.50. The highest BCUT2D eigenvalue weighted by atomic mass is 16.5. The molecule has 0 atom stereocenters. The summed E-state index contributed by atoms with van der Waals surface area (Å²) in [4.78, 5) is 21.9. The van der Waals surface area contributed by atoms with Crippen LogP contribution in [0.5, 0.6) is 11.5 Å². The molecule has 0 saturated carbocycles. The van der Waals surface area contributed by atoms with E-state index in [1.54, 1.807) is 60.7 Å². The molecule has 0 fully saturated rings. The van der Waals surface area contributed by atoms with E-state index in [2.05, 4.69) is 0 Å². The van der Waals surface area contributed by atoms with Crippen molar-refractivity contribution >= 4 is 12.6 Å². The lowest BCUT2D eigenvalue weighted by Crippen LogP contribution is -1.98. The molecule has 0 radical (unpaired) electrons. The molecule has 0 saturated heterocycles. The third-order valence-electron chi connectivity index (χ3n) is 3.55. The molecule has 0 aliphatic carbocycles. The second-order valence-corrected chi connectivity index (χ2v) is 5.26. The Balaban J connectivity index is 1.59. The minimum absolute atomic E-state index is 0.204. The van der Waals surface area contributed by atoms with Crippen LogP contribution >= 0.6 is 0 Å². The number of carbonyl (C=O) groups excluding carboxylic acids is 2. The van der Waals surface area contributed by atoms with E-state index in [0.717, 1.165) is 12.6 Å². The van der Waals surface area contributed by atoms with Crippen LogP contribution in [0.1, 0.15) is 32.2 Å². The third-order valence-corrected chi connectivity index (χ3v) is 3.55. The van der Waals surface area contributed by atoms with Gasteiger partial charge in [0.05, 0.1) is 11.1 Å². The molecule has 1 aromatic heterocycles. The maximum absolute atomic E-state index is 11.0. The van der Waals surface area contributed by atoms with Crippen LogP contribution in [0.4, 0.5) is 0 Å². The van der Waals surface area contributed by atoms with E-state index in [-0.39, 0.29) is 13.2 Å². The monoisotopic (exact) mass is 336 g/mol. The first kappa shape index (κ1) is 16.5. The average Bonchev–Trinajstić information content (AvgIpc) is 3.13. The molecule has 2 aromatic carbocycles. The summed E-state index contributed by atoms with van der Waals surface area (Å²) in [6, 6.07) is 17.6. The molecule has 3 aromatic rings. The van der Waals surface area contributed by atoms with Crippen LogP contribution in [0.2, 0.25) is 0 Å². The van der Waals surface area contributed by atoms with Crippen LogP contribution in [0, 0.1) is 0 Å². The molecule has 25 heavy (non-hydrogen) atoms. The van der Waals surface area contributed by atoms with Gasteiger partial charge in [0.15, 0.2) is 12.6 Å². The van der Waals surface area contributed by atoms with Crippen LogP contribution in [0.25, 0.3) is 0 Å². The minimum Gasteiger partial charge on any atom is -0.485 e.